The van der Waals surface area contributed by atoms with E-state index in [1.807, 2.05) is 44.2 Å². The molecule has 2 N–H and O–H groups in total. The summed E-state index contributed by atoms with van der Waals surface area (Å²) in [6, 6.07) is 14.4. The predicted molar refractivity (Wildman–Crippen MR) is 101 cm³/mol. The van der Waals surface area contributed by atoms with E-state index in [0.29, 0.717) is 11.7 Å². The van der Waals surface area contributed by atoms with Gasteiger partial charge in [0.1, 0.15) is 12.4 Å². The molecule has 0 spiro atoms. The Hall–Kier alpha value is -2.07. The first-order chi connectivity index (χ1) is 11.0. The van der Waals surface area contributed by atoms with Crippen LogP contribution in [0.1, 0.15) is 23.6 Å². The fraction of sp³-hybridized carbons (Fsp3) is 0.316. The van der Waals surface area contributed by atoms with Gasteiger partial charge in [0, 0.05) is 5.69 Å². The maximum Gasteiger partial charge on any atom is 0.171 e. The summed E-state index contributed by atoms with van der Waals surface area (Å²) in [6.45, 7) is 8.80. The van der Waals surface area contributed by atoms with Crippen LogP contribution in [0.5, 0.6) is 5.75 Å². The quantitative estimate of drug-likeness (QED) is 0.799. The molecular weight excluding hydrogens is 304 g/mol. The molecule has 4 heteroatoms. The summed E-state index contributed by atoms with van der Waals surface area (Å²) in [6.07, 6.45) is 0. The van der Waals surface area contributed by atoms with Crippen LogP contribution in [0.25, 0.3) is 0 Å². The highest BCUT2D eigenvalue weighted by atomic mass is 32.1. The van der Waals surface area contributed by atoms with E-state index >= 15 is 0 Å². The number of rotatable bonds is 5. The minimum atomic E-state index is 0.111. The van der Waals surface area contributed by atoms with Gasteiger partial charge in [-0.15, -0.1) is 0 Å². The molecule has 0 radical (unpaired) electrons. The van der Waals surface area contributed by atoms with E-state index in [-0.39, 0.29) is 6.04 Å². The number of anilines is 1. The van der Waals surface area contributed by atoms with Gasteiger partial charge in [-0.05, 0) is 63.2 Å². The van der Waals surface area contributed by atoms with E-state index in [9.17, 15) is 0 Å². The number of hydrogen-bond acceptors (Lipinski definition) is 2. The highest BCUT2D eigenvalue weighted by molar-refractivity contribution is 7.80. The third-order valence-corrected chi connectivity index (χ3v) is 3.81. The average Bonchev–Trinajstić information content (AvgIpc) is 2.49. The van der Waals surface area contributed by atoms with Crippen molar-refractivity contribution in [2.75, 3.05) is 11.9 Å². The molecule has 2 aromatic carbocycles. The highest BCUT2D eigenvalue weighted by Gasteiger charge is 2.07. The molecule has 122 valence electrons. The molecule has 3 nitrogen and oxygen atoms in total. The van der Waals surface area contributed by atoms with E-state index in [2.05, 4.69) is 36.6 Å². The van der Waals surface area contributed by atoms with E-state index < -0.39 is 0 Å². The number of benzene rings is 2. The van der Waals surface area contributed by atoms with E-state index in [0.717, 1.165) is 17.0 Å². The van der Waals surface area contributed by atoms with Gasteiger partial charge in [0.2, 0.25) is 0 Å². The zero-order chi connectivity index (χ0) is 16.8. The average molecular weight is 328 g/mol. The van der Waals surface area contributed by atoms with Crippen LogP contribution in [0, 0.1) is 20.8 Å². The smallest absolute Gasteiger partial charge is 0.171 e. The van der Waals surface area contributed by atoms with Crippen LogP contribution in [0.15, 0.2) is 42.5 Å². The summed E-state index contributed by atoms with van der Waals surface area (Å²) in [5.41, 5.74) is 4.58. The van der Waals surface area contributed by atoms with Gasteiger partial charge in [0.15, 0.2) is 5.11 Å². The third kappa shape index (κ3) is 5.25. The minimum Gasteiger partial charge on any atom is -0.491 e. The summed E-state index contributed by atoms with van der Waals surface area (Å²) in [5.74, 6) is 0.911. The van der Waals surface area contributed by atoms with Gasteiger partial charge in [0.05, 0.1) is 6.04 Å². The van der Waals surface area contributed by atoms with E-state index in [1.165, 1.54) is 11.1 Å². The number of ether oxygens (including phenoxy) is 1. The van der Waals surface area contributed by atoms with Crippen molar-refractivity contribution in [2.24, 2.45) is 0 Å². The van der Waals surface area contributed by atoms with Crippen LogP contribution in [0.3, 0.4) is 0 Å². The molecule has 0 fully saturated rings. The predicted octanol–water partition coefficient (Wildman–Crippen LogP) is 4.37. The number of aryl methyl sites for hydroxylation is 3. The Morgan fingerprint density at radius 1 is 1.09 bits per heavy atom. The van der Waals surface area contributed by atoms with Crippen molar-refractivity contribution >= 4 is 23.0 Å². The maximum absolute atomic E-state index is 5.84. The molecule has 2 rings (SSSR count). The molecule has 0 saturated heterocycles. The summed E-state index contributed by atoms with van der Waals surface area (Å²) in [5, 5.41) is 7.11. The van der Waals surface area contributed by atoms with Gasteiger partial charge < -0.3 is 15.4 Å². The van der Waals surface area contributed by atoms with Crippen molar-refractivity contribution < 1.29 is 4.74 Å². The molecule has 0 saturated carbocycles. The van der Waals surface area contributed by atoms with Crippen LogP contribution in [0.4, 0.5) is 5.69 Å². The van der Waals surface area contributed by atoms with Crippen molar-refractivity contribution in [3.05, 3.63) is 59.2 Å². The van der Waals surface area contributed by atoms with E-state index in [4.69, 9.17) is 17.0 Å². The Balaban J connectivity index is 1.84. The summed E-state index contributed by atoms with van der Waals surface area (Å²) in [4.78, 5) is 0. The molecule has 0 aliphatic rings. The molecule has 2 aromatic rings. The Morgan fingerprint density at radius 2 is 1.83 bits per heavy atom. The summed E-state index contributed by atoms with van der Waals surface area (Å²) in [7, 11) is 0. The molecule has 0 amide bonds. The topological polar surface area (TPSA) is 33.3 Å². The van der Waals surface area contributed by atoms with Gasteiger partial charge in [-0.25, -0.2) is 0 Å². The Morgan fingerprint density at radius 3 is 2.52 bits per heavy atom. The Labute approximate surface area is 144 Å². The van der Waals surface area contributed by atoms with Crippen molar-refractivity contribution in [2.45, 2.75) is 33.7 Å². The van der Waals surface area contributed by atoms with Crippen molar-refractivity contribution in [1.82, 2.24) is 5.32 Å². The standard InChI is InChI=1S/C19H24N2OS/c1-13-9-10-17(15(3)11-13)21-19(23)20-16(4)12-22-18-8-6-5-7-14(18)2/h5-11,16H,12H2,1-4H3,(H2,20,21,23)/t16-/m1/s1. The SMILES string of the molecule is Cc1ccc(NC(=S)N[C@H](C)COc2ccccc2C)c(C)c1. The molecule has 1 atom stereocenters. The second kappa shape index (κ2) is 7.97. The van der Waals surface area contributed by atoms with Crippen LogP contribution in [-0.2, 0) is 0 Å². The second-order valence-corrected chi connectivity index (χ2v) is 6.30. The lowest BCUT2D eigenvalue weighted by atomic mass is 10.1. The zero-order valence-corrected chi connectivity index (χ0v) is 15.0. The fourth-order valence-corrected chi connectivity index (χ4v) is 2.62. The first kappa shape index (κ1) is 17.3. The highest BCUT2D eigenvalue weighted by Crippen LogP contribution is 2.17. The monoisotopic (exact) mass is 328 g/mol. The van der Waals surface area contributed by atoms with Gasteiger partial charge in [-0.3, -0.25) is 0 Å². The molecule has 0 bridgehead atoms. The van der Waals surface area contributed by atoms with Crippen LogP contribution in [-0.4, -0.2) is 17.8 Å². The second-order valence-electron chi connectivity index (χ2n) is 5.89. The molecule has 23 heavy (non-hydrogen) atoms. The van der Waals surface area contributed by atoms with Crippen molar-refractivity contribution in [1.29, 1.82) is 0 Å². The molecule has 0 aromatic heterocycles. The van der Waals surface area contributed by atoms with Crippen LogP contribution < -0.4 is 15.4 Å². The first-order valence-electron chi connectivity index (χ1n) is 7.79. The lowest BCUT2D eigenvalue weighted by Gasteiger charge is -2.19. The summed E-state index contributed by atoms with van der Waals surface area (Å²) >= 11 is 5.38. The molecule has 0 unspecified atom stereocenters. The Kier molecular flexibility index (Phi) is 5.99. The maximum atomic E-state index is 5.84. The minimum absolute atomic E-state index is 0.111. The lowest BCUT2D eigenvalue weighted by Crippen LogP contribution is -2.39. The Bertz CT molecular complexity index is 685. The number of nitrogens with one attached hydrogen (secondary N) is 2. The normalized spacial score (nSPS) is 11.7. The molecule has 0 aliphatic heterocycles. The molecule has 0 aliphatic carbocycles. The summed E-state index contributed by atoms with van der Waals surface area (Å²) < 4.78 is 5.84. The van der Waals surface area contributed by atoms with Gasteiger partial charge in [-0.2, -0.15) is 0 Å². The third-order valence-electron chi connectivity index (χ3n) is 3.59. The number of thiocarbonyl (C=S) groups is 1. The largest absolute Gasteiger partial charge is 0.491 e. The van der Waals surface area contributed by atoms with Gasteiger partial charge in [-0.1, -0.05) is 35.9 Å². The van der Waals surface area contributed by atoms with Crippen LogP contribution >= 0.6 is 12.2 Å². The zero-order valence-electron chi connectivity index (χ0n) is 14.1. The fourth-order valence-electron chi connectivity index (χ4n) is 2.31. The van der Waals surface area contributed by atoms with Crippen molar-refractivity contribution in [3.8, 4) is 5.75 Å². The molecular formula is C19H24N2OS. The lowest BCUT2D eigenvalue weighted by molar-refractivity contribution is 0.285. The van der Waals surface area contributed by atoms with E-state index in [1.54, 1.807) is 0 Å². The van der Waals surface area contributed by atoms with Gasteiger partial charge in [0.25, 0.3) is 0 Å². The number of hydrogen-bond donors (Lipinski definition) is 2. The molecule has 0 heterocycles. The first-order valence-corrected chi connectivity index (χ1v) is 8.19. The van der Waals surface area contributed by atoms with Gasteiger partial charge >= 0.3 is 0 Å². The van der Waals surface area contributed by atoms with Crippen LogP contribution in [0.2, 0.25) is 0 Å². The number of para-hydroxylation sites is 1. The van der Waals surface area contributed by atoms with Crippen molar-refractivity contribution in [3.63, 3.8) is 0 Å².